The zero-order valence-electron chi connectivity index (χ0n) is 12.2. The number of ether oxygens (including phenoxy) is 1. The predicted molar refractivity (Wildman–Crippen MR) is 81.3 cm³/mol. The third-order valence-electron chi connectivity index (χ3n) is 3.22. The van der Waals surface area contributed by atoms with Crippen LogP contribution in [-0.2, 0) is 16.0 Å². The SMILES string of the molecule is CO/N=C/C1=CCCN(C(=O)OCCc2ccccc2)C1. The van der Waals surface area contributed by atoms with Gasteiger partial charge in [-0.25, -0.2) is 4.79 Å². The van der Waals surface area contributed by atoms with Crippen molar-refractivity contribution in [3.63, 3.8) is 0 Å². The van der Waals surface area contributed by atoms with Crippen molar-refractivity contribution in [1.82, 2.24) is 4.90 Å². The highest BCUT2D eigenvalue weighted by atomic mass is 16.6. The highest BCUT2D eigenvalue weighted by Gasteiger charge is 2.18. The molecule has 0 unspecified atom stereocenters. The number of nitrogens with zero attached hydrogens (tertiary/aromatic N) is 2. The maximum Gasteiger partial charge on any atom is 0.410 e. The van der Waals surface area contributed by atoms with E-state index in [4.69, 9.17) is 4.74 Å². The number of amides is 1. The first-order valence-electron chi connectivity index (χ1n) is 7.01. The number of hydrogen-bond donors (Lipinski definition) is 0. The third-order valence-corrected chi connectivity index (χ3v) is 3.22. The first-order chi connectivity index (χ1) is 10.3. The van der Waals surface area contributed by atoms with Gasteiger partial charge < -0.3 is 14.5 Å². The molecule has 1 aromatic carbocycles. The van der Waals surface area contributed by atoms with E-state index in [2.05, 4.69) is 16.1 Å². The number of benzene rings is 1. The van der Waals surface area contributed by atoms with Crippen LogP contribution in [0, 0.1) is 0 Å². The Kier molecular flexibility index (Phi) is 5.82. The molecule has 0 aliphatic carbocycles. The van der Waals surface area contributed by atoms with Gasteiger partial charge in [0.1, 0.15) is 7.11 Å². The van der Waals surface area contributed by atoms with Gasteiger partial charge in [0.2, 0.25) is 0 Å². The molecule has 0 bridgehead atoms. The largest absolute Gasteiger partial charge is 0.449 e. The molecular weight excluding hydrogens is 268 g/mol. The van der Waals surface area contributed by atoms with E-state index in [9.17, 15) is 4.79 Å². The minimum Gasteiger partial charge on any atom is -0.449 e. The van der Waals surface area contributed by atoms with Gasteiger partial charge in [-0.05, 0) is 17.6 Å². The van der Waals surface area contributed by atoms with Crippen LogP contribution >= 0.6 is 0 Å². The Morgan fingerprint density at radius 2 is 2.19 bits per heavy atom. The number of rotatable bonds is 5. The van der Waals surface area contributed by atoms with Gasteiger partial charge in [0.05, 0.1) is 19.4 Å². The van der Waals surface area contributed by atoms with Gasteiger partial charge in [-0.3, -0.25) is 0 Å². The standard InChI is InChI=1S/C16H20N2O3/c1-20-17-12-15-8-5-10-18(13-15)16(19)21-11-9-14-6-3-2-4-7-14/h2-4,6-8,12H,5,9-11,13H2,1H3/b17-12+. The van der Waals surface area contributed by atoms with E-state index < -0.39 is 0 Å². The van der Waals surface area contributed by atoms with E-state index in [1.165, 1.54) is 7.11 Å². The molecule has 1 aliphatic rings. The monoisotopic (exact) mass is 288 g/mol. The summed E-state index contributed by atoms with van der Waals surface area (Å²) in [6.07, 6.45) is 4.94. The first kappa shape index (κ1) is 15.1. The lowest BCUT2D eigenvalue weighted by molar-refractivity contribution is 0.106. The lowest BCUT2D eigenvalue weighted by Gasteiger charge is -2.25. The molecule has 0 aromatic heterocycles. The van der Waals surface area contributed by atoms with E-state index in [0.717, 1.165) is 24.0 Å². The van der Waals surface area contributed by atoms with E-state index in [-0.39, 0.29) is 6.09 Å². The molecule has 1 aromatic rings. The maximum absolute atomic E-state index is 12.0. The summed E-state index contributed by atoms with van der Waals surface area (Å²) in [6, 6.07) is 9.98. The van der Waals surface area contributed by atoms with Crippen molar-refractivity contribution in [3.8, 4) is 0 Å². The van der Waals surface area contributed by atoms with Crippen LogP contribution in [0.4, 0.5) is 4.79 Å². The van der Waals surface area contributed by atoms with Crippen LogP contribution in [0.1, 0.15) is 12.0 Å². The Morgan fingerprint density at radius 1 is 1.38 bits per heavy atom. The first-order valence-corrected chi connectivity index (χ1v) is 7.01. The van der Waals surface area contributed by atoms with E-state index >= 15 is 0 Å². The van der Waals surface area contributed by atoms with Crippen molar-refractivity contribution < 1.29 is 14.4 Å². The second-order valence-electron chi connectivity index (χ2n) is 4.76. The normalized spacial score (nSPS) is 14.9. The summed E-state index contributed by atoms with van der Waals surface area (Å²) >= 11 is 0. The summed E-state index contributed by atoms with van der Waals surface area (Å²) in [5, 5.41) is 3.72. The average Bonchev–Trinajstić information content (AvgIpc) is 2.54. The van der Waals surface area contributed by atoms with Crippen molar-refractivity contribution in [2.75, 3.05) is 26.8 Å². The molecule has 1 amide bonds. The smallest absolute Gasteiger partial charge is 0.410 e. The van der Waals surface area contributed by atoms with Gasteiger partial charge in [0, 0.05) is 13.0 Å². The molecule has 5 heteroatoms. The van der Waals surface area contributed by atoms with Crippen molar-refractivity contribution in [2.45, 2.75) is 12.8 Å². The quantitative estimate of drug-likeness (QED) is 0.618. The number of hydrogen-bond acceptors (Lipinski definition) is 4. The predicted octanol–water partition coefficient (Wildman–Crippen LogP) is 2.63. The van der Waals surface area contributed by atoms with Gasteiger partial charge in [-0.1, -0.05) is 41.6 Å². The van der Waals surface area contributed by atoms with E-state index in [1.54, 1.807) is 11.1 Å². The van der Waals surface area contributed by atoms with Crippen LogP contribution in [0.15, 0.2) is 47.1 Å². The summed E-state index contributed by atoms with van der Waals surface area (Å²) in [6.45, 7) is 1.58. The molecule has 0 spiro atoms. The Bertz CT molecular complexity index is 512. The number of carbonyl (C=O) groups excluding carboxylic acids is 1. The Morgan fingerprint density at radius 3 is 2.95 bits per heavy atom. The maximum atomic E-state index is 12.0. The Balaban J connectivity index is 1.76. The molecule has 1 aliphatic heterocycles. The minimum absolute atomic E-state index is 0.276. The zero-order chi connectivity index (χ0) is 14.9. The van der Waals surface area contributed by atoms with Crippen LogP contribution in [0.3, 0.4) is 0 Å². The average molecular weight is 288 g/mol. The van der Waals surface area contributed by atoms with Crippen LogP contribution in [-0.4, -0.2) is 44.0 Å². The fraction of sp³-hybridized carbons (Fsp3) is 0.375. The molecule has 21 heavy (non-hydrogen) atoms. The van der Waals surface area contributed by atoms with Gasteiger partial charge in [0.25, 0.3) is 0 Å². The summed E-state index contributed by atoms with van der Waals surface area (Å²) in [7, 11) is 1.50. The molecule has 0 N–H and O–H groups in total. The highest BCUT2D eigenvalue weighted by molar-refractivity contribution is 5.80. The van der Waals surface area contributed by atoms with Crippen LogP contribution < -0.4 is 0 Å². The molecule has 0 radical (unpaired) electrons. The fourth-order valence-corrected chi connectivity index (χ4v) is 2.13. The van der Waals surface area contributed by atoms with E-state index in [1.807, 2.05) is 30.3 Å². The van der Waals surface area contributed by atoms with Crippen molar-refractivity contribution in [2.24, 2.45) is 5.16 Å². The molecule has 0 atom stereocenters. The summed E-state index contributed by atoms with van der Waals surface area (Å²) in [4.78, 5) is 18.3. The van der Waals surface area contributed by atoms with Crippen molar-refractivity contribution in [3.05, 3.63) is 47.5 Å². The van der Waals surface area contributed by atoms with Crippen LogP contribution in [0.5, 0.6) is 0 Å². The second-order valence-corrected chi connectivity index (χ2v) is 4.76. The zero-order valence-corrected chi connectivity index (χ0v) is 12.2. The van der Waals surface area contributed by atoms with Crippen LogP contribution in [0.25, 0.3) is 0 Å². The lowest BCUT2D eigenvalue weighted by atomic mass is 10.1. The minimum atomic E-state index is -0.276. The molecular formula is C16H20N2O3. The number of carbonyl (C=O) groups is 1. The van der Waals surface area contributed by atoms with Gasteiger partial charge in [0.15, 0.2) is 0 Å². The Hall–Kier alpha value is -2.30. The molecule has 1 heterocycles. The third kappa shape index (κ3) is 4.95. The lowest BCUT2D eigenvalue weighted by Crippen LogP contribution is -2.36. The molecule has 5 nitrogen and oxygen atoms in total. The molecule has 112 valence electrons. The van der Waals surface area contributed by atoms with Crippen molar-refractivity contribution in [1.29, 1.82) is 0 Å². The van der Waals surface area contributed by atoms with Crippen LogP contribution in [0.2, 0.25) is 0 Å². The summed E-state index contributed by atoms with van der Waals surface area (Å²) in [5.74, 6) is 0. The van der Waals surface area contributed by atoms with E-state index in [0.29, 0.717) is 19.7 Å². The Labute approximate surface area is 124 Å². The fourth-order valence-electron chi connectivity index (χ4n) is 2.13. The molecule has 0 fully saturated rings. The molecule has 2 rings (SSSR count). The highest BCUT2D eigenvalue weighted by Crippen LogP contribution is 2.10. The summed E-state index contributed by atoms with van der Waals surface area (Å²) < 4.78 is 5.32. The molecule has 0 saturated heterocycles. The summed E-state index contributed by atoms with van der Waals surface area (Å²) in [5.41, 5.74) is 2.12. The van der Waals surface area contributed by atoms with Gasteiger partial charge in [-0.2, -0.15) is 0 Å². The van der Waals surface area contributed by atoms with Gasteiger partial charge >= 0.3 is 6.09 Å². The number of oxime groups is 1. The molecule has 0 saturated carbocycles. The topological polar surface area (TPSA) is 51.1 Å². The van der Waals surface area contributed by atoms with Crippen molar-refractivity contribution >= 4 is 12.3 Å². The van der Waals surface area contributed by atoms with Gasteiger partial charge in [-0.15, -0.1) is 0 Å². The second kappa shape index (κ2) is 8.09.